The number of imidazole rings is 1. The number of aromatic amines is 1. The Kier molecular flexibility index (Phi) is 2.22. The Morgan fingerprint density at radius 1 is 1.06 bits per heavy atom. The second kappa shape index (κ2) is 3.74. The van der Waals surface area contributed by atoms with Gasteiger partial charge in [-0.05, 0) is 43.2 Å². The highest BCUT2D eigenvalue weighted by Crippen LogP contribution is 2.29. The van der Waals surface area contributed by atoms with Crippen molar-refractivity contribution in [2.75, 3.05) is 0 Å². The van der Waals surface area contributed by atoms with Crippen molar-refractivity contribution in [3.63, 3.8) is 0 Å². The average Bonchev–Trinajstić information content (AvgIpc) is 2.70. The SMILES string of the molecule is Cc1nc2c(-c3ccccc3C)c[c]cc2[nH]1. The Labute approximate surface area is 100 Å². The van der Waals surface area contributed by atoms with E-state index in [2.05, 4.69) is 47.2 Å². The van der Waals surface area contributed by atoms with Crippen LogP contribution in [0.15, 0.2) is 36.4 Å². The molecule has 1 N–H and O–H groups in total. The average molecular weight is 221 g/mol. The zero-order valence-electron chi connectivity index (χ0n) is 9.91. The maximum Gasteiger partial charge on any atom is 0.104 e. The van der Waals surface area contributed by atoms with Crippen molar-refractivity contribution in [2.45, 2.75) is 13.8 Å². The van der Waals surface area contributed by atoms with Gasteiger partial charge in [0.05, 0.1) is 11.0 Å². The molecule has 0 atom stereocenters. The number of nitrogens with zero attached hydrogens (tertiary/aromatic N) is 1. The van der Waals surface area contributed by atoms with Crippen LogP contribution in [0.3, 0.4) is 0 Å². The van der Waals surface area contributed by atoms with Gasteiger partial charge in [0.2, 0.25) is 0 Å². The molecule has 83 valence electrons. The summed E-state index contributed by atoms with van der Waals surface area (Å²) in [6.45, 7) is 4.09. The van der Waals surface area contributed by atoms with Crippen molar-refractivity contribution in [1.29, 1.82) is 0 Å². The van der Waals surface area contributed by atoms with E-state index in [-0.39, 0.29) is 0 Å². The molecule has 17 heavy (non-hydrogen) atoms. The highest BCUT2D eigenvalue weighted by molar-refractivity contribution is 5.92. The predicted molar refractivity (Wildman–Crippen MR) is 69.8 cm³/mol. The third kappa shape index (κ3) is 1.62. The molecule has 3 aromatic rings. The summed E-state index contributed by atoms with van der Waals surface area (Å²) in [6, 6.07) is 15.5. The molecule has 0 saturated heterocycles. The number of aryl methyl sites for hydroxylation is 2. The third-order valence-electron chi connectivity index (χ3n) is 3.00. The van der Waals surface area contributed by atoms with Crippen LogP contribution in [0, 0.1) is 19.9 Å². The minimum absolute atomic E-state index is 0.939. The molecule has 0 aliphatic carbocycles. The van der Waals surface area contributed by atoms with E-state index in [1.807, 2.05) is 19.1 Å². The Bertz CT molecular complexity index is 680. The van der Waals surface area contributed by atoms with E-state index in [1.165, 1.54) is 11.1 Å². The molecular formula is C15H13N2. The lowest BCUT2D eigenvalue weighted by Gasteiger charge is -2.05. The van der Waals surface area contributed by atoms with Gasteiger partial charge in [0.25, 0.3) is 0 Å². The first-order valence-electron chi connectivity index (χ1n) is 5.68. The molecular weight excluding hydrogens is 208 g/mol. The molecule has 1 radical (unpaired) electrons. The first-order chi connectivity index (χ1) is 8.25. The lowest BCUT2D eigenvalue weighted by Crippen LogP contribution is -1.84. The van der Waals surface area contributed by atoms with Crippen LogP contribution in [0.5, 0.6) is 0 Å². The van der Waals surface area contributed by atoms with Crippen molar-refractivity contribution in [1.82, 2.24) is 9.97 Å². The zero-order chi connectivity index (χ0) is 11.8. The van der Waals surface area contributed by atoms with Crippen molar-refractivity contribution in [3.8, 4) is 11.1 Å². The van der Waals surface area contributed by atoms with Gasteiger partial charge in [-0.2, -0.15) is 0 Å². The summed E-state index contributed by atoms with van der Waals surface area (Å²) >= 11 is 0. The molecule has 1 heterocycles. The number of fused-ring (bicyclic) bond motifs is 1. The summed E-state index contributed by atoms with van der Waals surface area (Å²) in [6.07, 6.45) is 0. The molecule has 0 fully saturated rings. The molecule has 0 saturated carbocycles. The molecule has 1 aromatic heterocycles. The minimum atomic E-state index is 0.939. The van der Waals surface area contributed by atoms with E-state index in [1.54, 1.807) is 0 Å². The van der Waals surface area contributed by atoms with Gasteiger partial charge in [0.15, 0.2) is 0 Å². The number of rotatable bonds is 1. The number of benzene rings is 2. The van der Waals surface area contributed by atoms with Crippen molar-refractivity contribution in [3.05, 3.63) is 53.9 Å². The normalized spacial score (nSPS) is 10.9. The fourth-order valence-electron chi connectivity index (χ4n) is 2.18. The van der Waals surface area contributed by atoms with Crippen LogP contribution in [-0.4, -0.2) is 9.97 Å². The predicted octanol–water partition coefficient (Wildman–Crippen LogP) is 3.65. The molecule has 2 heteroatoms. The number of aromatic nitrogens is 2. The summed E-state index contributed by atoms with van der Waals surface area (Å²) in [4.78, 5) is 7.80. The standard InChI is InChI=1S/C15H13N2/c1-10-6-3-4-7-12(10)13-8-5-9-14-15(13)17-11(2)16-14/h3-4,6-9H,1-2H3,(H,16,17). The molecule has 2 nitrogen and oxygen atoms in total. The summed E-state index contributed by atoms with van der Waals surface area (Å²) in [7, 11) is 0. The lowest BCUT2D eigenvalue weighted by molar-refractivity contribution is 1.17. The second-order valence-electron chi connectivity index (χ2n) is 4.27. The van der Waals surface area contributed by atoms with Gasteiger partial charge in [-0.25, -0.2) is 4.98 Å². The third-order valence-corrected chi connectivity index (χ3v) is 3.00. The highest BCUT2D eigenvalue weighted by Gasteiger charge is 2.08. The second-order valence-corrected chi connectivity index (χ2v) is 4.27. The van der Waals surface area contributed by atoms with Gasteiger partial charge >= 0.3 is 0 Å². The van der Waals surface area contributed by atoms with E-state index in [0.29, 0.717) is 0 Å². The molecule has 0 unspecified atom stereocenters. The number of hydrogen-bond acceptors (Lipinski definition) is 1. The number of hydrogen-bond donors (Lipinski definition) is 1. The first kappa shape index (κ1) is 10.1. The molecule has 2 aromatic carbocycles. The van der Waals surface area contributed by atoms with Crippen LogP contribution in [0.4, 0.5) is 0 Å². The monoisotopic (exact) mass is 221 g/mol. The van der Waals surface area contributed by atoms with Crippen molar-refractivity contribution in [2.24, 2.45) is 0 Å². The Hall–Kier alpha value is -2.09. The van der Waals surface area contributed by atoms with Crippen LogP contribution in [0.25, 0.3) is 22.2 Å². The summed E-state index contributed by atoms with van der Waals surface area (Å²) in [5.74, 6) is 0.939. The van der Waals surface area contributed by atoms with Crippen LogP contribution in [-0.2, 0) is 0 Å². The maximum absolute atomic E-state index is 4.56. The smallest absolute Gasteiger partial charge is 0.104 e. The van der Waals surface area contributed by atoms with E-state index >= 15 is 0 Å². The van der Waals surface area contributed by atoms with Gasteiger partial charge in [0.1, 0.15) is 5.82 Å². The lowest BCUT2D eigenvalue weighted by atomic mass is 9.99. The van der Waals surface area contributed by atoms with Crippen molar-refractivity contribution >= 4 is 11.0 Å². The van der Waals surface area contributed by atoms with Gasteiger partial charge in [0, 0.05) is 5.56 Å². The molecule has 0 spiro atoms. The van der Waals surface area contributed by atoms with Gasteiger partial charge in [-0.15, -0.1) is 0 Å². The minimum Gasteiger partial charge on any atom is -0.342 e. The van der Waals surface area contributed by atoms with Gasteiger partial charge in [-0.1, -0.05) is 24.3 Å². The molecule has 3 rings (SSSR count). The summed E-state index contributed by atoms with van der Waals surface area (Å²) in [5.41, 5.74) is 5.69. The van der Waals surface area contributed by atoms with Crippen LogP contribution in [0.2, 0.25) is 0 Å². The fourth-order valence-corrected chi connectivity index (χ4v) is 2.18. The quantitative estimate of drug-likeness (QED) is 0.667. The maximum atomic E-state index is 4.56. The largest absolute Gasteiger partial charge is 0.342 e. The fraction of sp³-hybridized carbons (Fsp3) is 0.133. The molecule has 0 bridgehead atoms. The van der Waals surface area contributed by atoms with E-state index in [4.69, 9.17) is 0 Å². The number of H-pyrrole nitrogens is 1. The van der Waals surface area contributed by atoms with Crippen molar-refractivity contribution < 1.29 is 0 Å². The Balaban J connectivity index is 2.34. The Morgan fingerprint density at radius 2 is 1.88 bits per heavy atom. The zero-order valence-corrected chi connectivity index (χ0v) is 9.91. The van der Waals surface area contributed by atoms with Crippen LogP contribution >= 0.6 is 0 Å². The summed E-state index contributed by atoms with van der Waals surface area (Å²) in [5, 5.41) is 0. The van der Waals surface area contributed by atoms with Crippen LogP contribution < -0.4 is 0 Å². The van der Waals surface area contributed by atoms with E-state index in [0.717, 1.165) is 22.4 Å². The van der Waals surface area contributed by atoms with Crippen LogP contribution in [0.1, 0.15) is 11.4 Å². The highest BCUT2D eigenvalue weighted by atomic mass is 14.9. The Morgan fingerprint density at radius 3 is 2.71 bits per heavy atom. The topological polar surface area (TPSA) is 28.7 Å². The van der Waals surface area contributed by atoms with E-state index in [9.17, 15) is 0 Å². The van der Waals surface area contributed by atoms with Gasteiger partial charge < -0.3 is 4.98 Å². The molecule has 0 amide bonds. The van der Waals surface area contributed by atoms with Gasteiger partial charge in [-0.3, -0.25) is 0 Å². The first-order valence-corrected chi connectivity index (χ1v) is 5.68. The summed E-state index contributed by atoms with van der Waals surface area (Å²) < 4.78 is 0. The molecule has 0 aliphatic rings. The molecule has 0 aliphatic heterocycles. The van der Waals surface area contributed by atoms with E-state index < -0.39 is 0 Å². The number of nitrogens with one attached hydrogen (secondary N) is 1.